The molecule has 2 unspecified atom stereocenters. The molecule has 1 N–H and O–H groups in total. The fourth-order valence-electron chi connectivity index (χ4n) is 3.28. The number of rotatable bonds is 7. The first-order chi connectivity index (χ1) is 13.1. The number of nitrogens with one attached hydrogen (secondary N) is 1. The van der Waals surface area contributed by atoms with Crippen LogP contribution in [0.2, 0.25) is 10.0 Å². The van der Waals surface area contributed by atoms with Crippen LogP contribution in [-0.2, 0) is 11.2 Å². The van der Waals surface area contributed by atoms with Crippen molar-refractivity contribution in [1.29, 1.82) is 0 Å². The summed E-state index contributed by atoms with van der Waals surface area (Å²) in [6.07, 6.45) is 1.51. The summed E-state index contributed by atoms with van der Waals surface area (Å²) < 4.78 is 0. The van der Waals surface area contributed by atoms with Gasteiger partial charge in [0.1, 0.15) is 0 Å². The van der Waals surface area contributed by atoms with Crippen LogP contribution < -0.4 is 5.32 Å². The Hall–Kier alpha value is -2.29. The van der Waals surface area contributed by atoms with E-state index in [1.807, 2.05) is 43.3 Å². The first-order valence-electron chi connectivity index (χ1n) is 8.87. The number of halogens is 2. The molecule has 0 heterocycles. The fourth-order valence-corrected chi connectivity index (χ4v) is 3.60. The van der Waals surface area contributed by atoms with Crippen molar-refractivity contribution in [3.63, 3.8) is 0 Å². The highest BCUT2D eigenvalue weighted by atomic mass is 35.5. The van der Waals surface area contributed by atoms with Crippen LogP contribution >= 0.6 is 23.2 Å². The highest BCUT2D eigenvalue weighted by Crippen LogP contribution is 2.30. The zero-order valence-electron chi connectivity index (χ0n) is 15.0. The second kappa shape index (κ2) is 9.07. The van der Waals surface area contributed by atoms with Gasteiger partial charge >= 0.3 is 0 Å². The van der Waals surface area contributed by atoms with Gasteiger partial charge in [-0.1, -0.05) is 83.9 Å². The van der Waals surface area contributed by atoms with Crippen molar-refractivity contribution in [3.8, 4) is 11.1 Å². The standard InChI is InChI=1S/C23H21Cl2NO/c1-16(26-15-27)21(13-17-7-12-22(24)23(25)14-17)20-10-8-19(9-11-20)18-5-3-2-4-6-18/h2-12,14-16,21H,13H2,1H3,(H,26,27). The molecule has 0 saturated heterocycles. The molecule has 3 aromatic carbocycles. The van der Waals surface area contributed by atoms with Crippen LogP contribution in [-0.4, -0.2) is 12.5 Å². The fraction of sp³-hybridized carbons (Fsp3) is 0.174. The SMILES string of the molecule is CC(NC=O)C(Cc1ccc(Cl)c(Cl)c1)c1ccc(-c2ccccc2)cc1. The van der Waals surface area contributed by atoms with Crippen LogP contribution in [0.3, 0.4) is 0 Å². The zero-order valence-corrected chi connectivity index (χ0v) is 16.5. The van der Waals surface area contributed by atoms with Crippen LogP contribution in [0.1, 0.15) is 24.0 Å². The van der Waals surface area contributed by atoms with E-state index >= 15 is 0 Å². The molecular formula is C23H21Cl2NO. The highest BCUT2D eigenvalue weighted by Gasteiger charge is 2.20. The number of carbonyl (C=O) groups is 1. The molecule has 0 radical (unpaired) electrons. The van der Waals surface area contributed by atoms with E-state index in [4.69, 9.17) is 23.2 Å². The normalized spacial score (nSPS) is 13.0. The third-order valence-corrected chi connectivity index (χ3v) is 5.56. The van der Waals surface area contributed by atoms with Crippen LogP contribution in [0.5, 0.6) is 0 Å². The molecule has 27 heavy (non-hydrogen) atoms. The Kier molecular flexibility index (Phi) is 6.54. The topological polar surface area (TPSA) is 29.1 Å². The van der Waals surface area contributed by atoms with E-state index in [2.05, 4.69) is 41.7 Å². The monoisotopic (exact) mass is 397 g/mol. The summed E-state index contributed by atoms with van der Waals surface area (Å²) in [4.78, 5) is 11.0. The number of hydrogen-bond acceptors (Lipinski definition) is 1. The lowest BCUT2D eigenvalue weighted by Crippen LogP contribution is -2.32. The molecule has 0 spiro atoms. The second-order valence-corrected chi connectivity index (χ2v) is 7.43. The predicted octanol–water partition coefficient (Wildman–Crippen LogP) is 6.12. The maximum absolute atomic E-state index is 11.0. The Balaban J connectivity index is 1.88. The number of hydrogen-bond donors (Lipinski definition) is 1. The molecule has 0 fully saturated rings. The minimum atomic E-state index is -0.0143. The molecule has 0 saturated carbocycles. The van der Waals surface area contributed by atoms with Crippen molar-refractivity contribution in [1.82, 2.24) is 5.32 Å². The summed E-state index contributed by atoms with van der Waals surface area (Å²) in [6.45, 7) is 2.02. The van der Waals surface area contributed by atoms with Gasteiger partial charge in [0.05, 0.1) is 10.0 Å². The van der Waals surface area contributed by atoms with Crippen LogP contribution in [0, 0.1) is 0 Å². The molecule has 2 nitrogen and oxygen atoms in total. The van der Waals surface area contributed by atoms with Crippen molar-refractivity contribution in [2.45, 2.75) is 25.3 Å². The van der Waals surface area contributed by atoms with E-state index in [1.165, 1.54) is 16.7 Å². The lowest BCUT2D eigenvalue weighted by Gasteiger charge is -2.24. The van der Waals surface area contributed by atoms with Crippen molar-refractivity contribution >= 4 is 29.6 Å². The third kappa shape index (κ3) is 4.91. The van der Waals surface area contributed by atoms with Gasteiger partial charge in [0.15, 0.2) is 0 Å². The van der Waals surface area contributed by atoms with E-state index in [0.29, 0.717) is 10.0 Å². The number of amides is 1. The predicted molar refractivity (Wildman–Crippen MR) is 113 cm³/mol. The van der Waals surface area contributed by atoms with E-state index in [-0.39, 0.29) is 12.0 Å². The molecule has 4 heteroatoms. The van der Waals surface area contributed by atoms with Crippen molar-refractivity contribution in [3.05, 3.63) is 94.0 Å². The summed E-state index contributed by atoms with van der Waals surface area (Å²) in [5, 5.41) is 3.99. The highest BCUT2D eigenvalue weighted by molar-refractivity contribution is 6.42. The molecule has 0 aliphatic rings. The average molecular weight is 398 g/mol. The molecule has 0 bridgehead atoms. The number of carbonyl (C=O) groups excluding carboxylic acids is 1. The lowest BCUT2D eigenvalue weighted by atomic mass is 9.86. The minimum absolute atomic E-state index is 0.0143. The smallest absolute Gasteiger partial charge is 0.207 e. The van der Waals surface area contributed by atoms with Crippen molar-refractivity contribution < 1.29 is 4.79 Å². The first-order valence-corrected chi connectivity index (χ1v) is 9.63. The molecular weight excluding hydrogens is 377 g/mol. The van der Waals surface area contributed by atoms with Gasteiger partial charge in [0, 0.05) is 12.0 Å². The van der Waals surface area contributed by atoms with Gasteiger partial charge < -0.3 is 5.32 Å². The zero-order chi connectivity index (χ0) is 19.2. The molecule has 1 amide bonds. The maximum Gasteiger partial charge on any atom is 0.207 e. The summed E-state index contributed by atoms with van der Waals surface area (Å²) in [5.74, 6) is 0.122. The summed E-state index contributed by atoms with van der Waals surface area (Å²) in [5.41, 5.74) is 4.61. The summed E-state index contributed by atoms with van der Waals surface area (Å²) in [7, 11) is 0. The Morgan fingerprint density at radius 3 is 2.19 bits per heavy atom. The van der Waals surface area contributed by atoms with Gasteiger partial charge in [-0.15, -0.1) is 0 Å². The molecule has 0 aromatic heterocycles. The van der Waals surface area contributed by atoms with Crippen LogP contribution in [0.4, 0.5) is 0 Å². The van der Waals surface area contributed by atoms with Crippen LogP contribution in [0.15, 0.2) is 72.8 Å². The number of benzene rings is 3. The Bertz CT molecular complexity index is 894. The molecule has 3 aromatic rings. The van der Waals surface area contributed by atoms with Gasteiger partial charge in [-0.25, -0.2) is 0 Å². The molecule has 3 rings (SSSR count). The average Bonchev–Trinajstić information content (AvgIpc) is 2.70. The van der Waals surface area contributed by atoms with Crippen molar-refractivity contribution in [2.24, 2.45) is 0 Å². The molecule has 2 atom stereocenters. The lowest BCUT2D eigenvalue weighted by molar-refractivity contribution is -0.110. The van der Waals surface area contributed by atoms with E-state index < -0.39 is 0 Å². The van der Waals surface area contributed by atoms with Gasteiger partial charge in [0.2, 0.25) is 6.41 Å². The van der Waals surface area contributed by atoms with Gasteiger partial charge in [-0.2, -0.15) is 0 Å². The van der Waals surface area contributed by atoms with Crippen molar-refractivity contribution in [2.75, 3.05) is 0 Å². The largest absolute Gasteiger partial charge is 0.356 e. The Labute approximate surface area is 170 Å². The Morgan fingerprint density at radius 2 is 1.56 bits per heavy atom. The minimum Gasteiger partial charge on any atom is -0.356 e. The van der Waals surface area contributed by atoms with E-state index in [1.54, 1.807) is 0 Å². The van der Waals surface area contributed by atoms with E-state index in [0.717, 1.165) is 18.4 Å². The molecule has 0 aliphatic carbocycles. The van der Waals surface area contributed by atoms with Gasteiger partial charge in [0.25, 0.3) is 0 Å². The van der Waals surface area contributed by atoms with Crippen LogP contribution in [0.25, 0.3) is 11.1 Å². The summed E-state index contributed by atoms with van der Waals surface area (Å²) >= 11 is 12.2. The molecule has 0 aliphatic heterocycles. The summed E-state index contributed by atoms with van der Waals surface area (Å²) in [6, 6.07) is 24.5. The first kappa shape index (κ1) is 19.5. The maximum atomic E-state index is 11.0. The third-order valence-electron chi connectivity index (χ3n) is 4.82. The van der Waals surface area contributed by atoms with Gasteiger partial charge in [-0.05, 0) is 47.7 Å². The van der Waals surface area contributed by atoms with E-state index in [9.17, 15) is 4.79 Å². The second-order valence-electron chi connectivity index (χ2n) is 6.62. The quantitative estimate of drug-likeness (QED) is 0.477. The Morgan fingerprint density at radius 1 is 0.889 bits per heavy atom. The molecule has 138 valence electrons. The van der Waals surface area contributed by atoms with Gasteiger partial charge in [-0.3, -0.25) is 4.79 Å².